The number of hydrogen-bond donors (Lipinski definition) is 0. The maximum atomic E-state index is 13.8. The summed E-state index contributed by atoms with van der Waals surface area (Å²) in [7, 11) is 0. The second-order valence-electron chi connectivity index (χ2n) is 9.03. The number of benzene rings is 2. The first-order chi connectivity index (χ1) is 15.3. The van der Waals surface area contributed by atoms with Crippen LogP contribution in [0.3, 0.4) is 0 Å². The first-order valence-corrected chi connectivity index (χ1v) is 11.4. The van der Waals surface area contributed by atoms with Gasteiger partial charge >= 0.3 is 0 Å². The zero-order chi connectivity index (χ0) is 23.0. The van der Waals surface area contributed by atoms with Gasteiger partial charge in [0, 0.05) is 30.0 Å². The molecule has 5 nitrogen and oxygen atoms in total. The van der Waals surface area contributed by atoms with Crippen molar-refractivity contribution in [1.82, 2.24) is 9.78 Å². The van der Waals surface area contributed by atoms with Crippen LogP contribution in [-0.2, 0) is 4.79 Å². The van der Waals surface area contributed by atoms with Crippen LogP contribution in [0.1, 0.15) is 60.3 Å². The molecule has 2 aromatic carbocycles. The summed E-state index contributed by atoms with van der Waals surface area (Å²) in [4.78, 5) is 28.8. The second kappa shape index (κ2) is 11.3. The fourth-order valence-electron chi connectivity index (χ4n) is 5.04. The normalized spacial score (nSPS) is 17.1. The summed E-state index contributed by atoms with van der Waals surface area (Å²) in [5.41, 5.74) is 4.66. The Morgan fingerprint density at radius 2 is 1.71 bits per heavy atom. The maximum absolute atomic E-state index is 13.8. The Morgan fingerprint density at radius 1 is 1.03 bits per heavy atom. The number of rotatable bonds is 6. The van der Waals surface area contributed by atoms with Crippen LogP contribution in [0.4, 0.5) is 5.82 Å². The van der Waals surface area contributed by atoms with Crippen LogP contribution in [0.5, 0.6) is 0 Å². The van der Waals surface area contributed by atoms with Gasteiger partial charge in [-0.2, -0.15) is 32.1 Å². The molecule has 3 aromatic rings. The molecule has 1 aliphatic rings. The number of ketones is 1. The Balaban J connectivity index is 0.00000204. The van der Waals surface area contributed by atoms with E-state index in [1.165, 1.54) is 0 Å². The fourth-order valence-corrected chi connectivity index (χ4v) is 5.04. The lowest BCUT2D eigenvalue weighted by atomic mass is 9.72. The standard InChI is InChI=1S/C27H31N3O2.2H2S/c1-6-29-26-25(19(5)28-30(26)21-13-8-7-9-14-21)24(17(2)3)22(27(29)32)16-23(31)20-12-10-11-18(4)15-20;;/h7-15,17,22,24H,6,16H2,1-5H3;2*1H2/t22-,24+;;/m0../s1. The molecule has 182 valence electrons. The van der Waals surface area contributed by atoms with Crippen molar-refractivity contribution in [1.29, 1.82) is 0 Å². The molecule has 0 saturated heterocycles. The summed E-state index contributed by atoms with van der Waals surface area (Å²) in [6.45, 7) is 10.8. The maximum Gasteiger partial charge on any atom is 0.232 e. The van der Waals surface area contributed by atoms with E-state index in [4.69, 9.17) is 5.10 Å². The molecular formula is C27H35N3O2S2. The van der Waals surface area contributed by atoms with Crippen LogP contribution in [0.25, 0.3) is 5.69 Å². The number of aromatic nitrogens is 2. The fraction of sp³-hybridized carbons (Fsp3) is 0.370. The van der Waals surface area contributed by atoms with Crippen molar-refractivity contribution in [3.05, 3.63) is 77.0 Å². The van der Waals surface area contributed by atoms with Crippen LogP contribution in [0.15, 0.2) is 54.6 Å². The van der Waals surface area contributed by atoms with E-state index in [-0.39, 0.29) is 56.9 Å². The third-order valence-electron chi connectivity index (χ3n) is 6.47. The van der Waals surface area contributed by atoms with E-state index in [1.54, 1.807) is 0 Å². The predicted octanol–water partition coefficient (Wildman–Crippen LogP) is 5.71. The van der Waals surface area contributed by atoms with Crippen LogP contribution < -0.4 is 4.90 Å². The first-order valence-electron chi connectivity index (χ1n) is 11.4. The van der Waals surface area contributed by atoms with Gasteiger partial charge in [-0.25, -0.2) is 4.68 Å². The molecule has 0 unspecified atom stereocenters. The summed E-state index contributed by atoms with van der Waals surface area (Å²) < 4.78 is 1.89. The highest BCUT2D eigenvalue weighted by atomic mass is 32.1. The third-order valence-corrected chi connectivity index (χ3v) is 6.47. The average Bonchev–Trinajstić information content (AvgIpc) is 3.11. The van der Waals surface area contributed by atoms with Gasteiger partial charge in [0.05, 0.1) is 17.3 Å². The zero-order valence-electron chi connectivity index (χ0n) is 20.5. The highest BCUT2D eigenvalue weighted by molar-refractivity contribution is 7.59. The van der Waals surface area contributed by atoms with Gasteiger partial charge in [-0.15, -0.1) is 0 Å². The molecule has 0 fully saturated rings. The monoisotopic (exact) mass is 497 g/mol. The Labute approximate surface area is 216 Å². The van der Waals surface area contributed by atoms with Gasteiger partial charge in [-0.05, 0) is 44.9 Å². The highest BCUT2D eigenvalue weighted by Gasteiger charge is 2.45. The SMILES string of the molecule is CCN1C(=O)[C@@H](CC(=O)c2cccc(C)c2)[C@@H](C(C)C)c2c(C)nn(-c3ccccc3)c21.S.S. The van der Waals surface area contributed by atoms with E-state index in [9.17, 15) is 9.59 Å². The number of amides is 1. The molecule has 2 atom stereocenters. The zero-order valence-corrected chi connectivity index (χ0v) is 22.5. The number of Topliss-reactive ketones (excluding diaryl/α,β-unsaturated/α-hetero) is 1. The van der Waals surface area contributed by atoms with Crippen molar-refractivity contribution in [3.8, 4) is 5.69 Å². The van der Waals surface area contributed by atoms with Gasteiger partial charge < -0.3 is 0 Å². The lowest BCUT2D eigenvalue weighted by molar-refractivity contribution is -0.124. The molecule has 2 heterocycles. The van der Waals surface area contributed by atoms with Crippen molar-refractivity contribution in [2.75, 3.05) is 11.4 Å². The topological polar surface area (TPSA) is 55.2 Å². The Hall–Kier alpha value is -2.51. The van der Waals surface area contributed by atoms with Crippen molar-refractivity contribution in [3.63, 3.8) is 0 Å². The molecule has 0 radical (unpaired) electrons. The largest absolute Gasteiger partial charge is 0.296 e. The van der Waals surface area contributed by atoms with Gasteiger partial charge in [-0.3, -0.25) is 14.5 Å². The molecule has 4 rings (SSSR count). The number of fused-ring (bicyclic) bond motifs is 1. The Bertz CT molecular complexity index is 1160. The Kier molecular flexibility index (Phi) is 9.20. The van der Waals surface area contributed by atoms with Crippen molar-refractivity contribution >= 4 is 44.5 Å². The Morgan fingerprint density at radius 3 is 2.29 bits per heavy atom. The molecule has 1 aromatic heterocycles. The number of carbonyl (C=O) groups is 2. The molecule has 1 aliphatic heterocycles. The molecule has 0 aliphatic carbocycles. The van der Waals surface area contributed by atoms with Crippen LogP contribution in [0.2, 0.25) is 0 Å². The quantitative estimate of drug-likeness (QED) is 0.410. The first kappa shape index (κ1) is 27.7. The number of carbonyl (C=O) groups excluding carboxylic acids is 2. The minimum absolute atomic E-state index is 0. The van der Waals surface area contributed by atoms with Gasteiger partial charge in [0.2, 0.25) is 5.91 Å². The summed E-state index contributed by atoms with van der Waals surface area (Å²) in [6.07, 6.45) is 0.205. The van der Waals surface area contributed by atoms with E-state index in [0.29, 0.717) is 12.1 Å². The van der Waals surface area contributed by atoms with E-state index in [0.717, 1.165) is 28.3 Å². The molecular weight excluding hydrogens is 462 g/mol. The summed E-state index contributed by atoms with van der Waals surface area (Å²) >= 11 is 0. The van der Waals surface area contributed by atoms with E-state index in [2.05, 4.69) is 13.8 Å². The van der Waals surface area contributed by atoms with Crippen LogP contribution >= 0.6 is 27.0 Å². The minimum Gasteiger partial charge on any atom is -0.296 e. The van der Waals surface area contributed by atoms with E-state index in [1.807, 2.05) is 85.0 Å². The van der Waals surface area contributed by atoms with Crippen molar-refractivity contribution < 1.29 is 9.59 Å². The predicted molar refractivity (Wildman–Crippen MR) is 148 cm³/mol. The van der Waals surface area contributed by atoms with Crippen LogP contribution in [0, 0.1) is 25.7 Å². The lowest BCUT2D eigenvalue weighted by Gasteiger charge is -2.39. The molecule has 0 N–H and O–H groups in total. The number of para-hydroxylation sites is 1. The number of hydrogen-bond acceptors (Lipinski definition) is 3. The second-order valence-corrected chi connectivity index (χ2v) is 9.03. The molecule has 0 spiro atoms. The van der Waals surface area contributed by atoms with Gasteiger partial charge in [-0.1, -0.05) is 55.8 Å². The van der Waals surface area contributed by atoms with E-state index < -0.39 is 5.92 Å². The number of nitrogens with zero attached hydrogens (tertiary/aromatic N) is 3. The van der Waals surface area contributed by atoms with Gasteiger partial charge in [0.25, 0.3) is 0 Å². The third kappa shape index (κ3) is 4.96. The minimum atomic E-state index is -0.400. The highest BCUT2D eigenvalue weighted by Crippen LogP contribution is 2.47. The van der Waals surface area contributed by atoms with Gasteiger partial charge in [0.15, 0.2) is 5.78 Å². The smallest absolute Gasteiger partial charge is 0.232 e. The summed E-state index contributed by atoms with van der Waals surface area (Å²) in [5.74, 6) is 0.606. The molecule has 34 heavy (non-hydrogen) atoms. The molecule has 1 amide bonds. The van der Waals surface area contributed by atoms with Crippen molar-refractivity contribution in [2.24, 2.45) is 11.8 Å². The summed E-state index contributed by atoms with van der Waals surface area (Å²) in [5, 5.41) is 4.85. The molecule has 7 heteroatoms. The van der Waals surface area contributed by atoms with Gasteiger partial charge in [0.1, 0.15) is 5.82 Å². The molecule has 0 saturated carbocycles. The van der Waals surface area contributed by atoms with E-state index >= 15 is 0 Å². The average molecular weight is 498 g/mol. The van der Waals surface area contributed by atoms with Crippen molar-refractivity contribution in [2.45, 2.75) is 47.0 Å². The lowest BCUT2D eigenvalue weighted by Crippen LogP contribution is -2.46. The summed E-state index contributed by atoms with van der Waals surface area (Å²) in [6, 6.07) is 17.5. The molecule has 0 bridgehead atoms. The van der Waals surface area contributed by atoms with Crippen LogP contribution in [-0.4, -0.2) is 28.0 Å². The number of anilines is 1. The number of aryl methyl sites for hydroxylation is 2.